The number of rotatable bonds is 4. The topological polar surface area (TPSA) is 81.0 Å². The van der Waals surface area contributed by atoms with Crippen molar-refractivity contribution in [2.45, 2.75) is 6.92 Å². The van der Waals surface area contributed by atoms with Gasteiger partial charge in [-0.15, -0.1) is 0 Å². The van der Waals surface area contributed by atoms with Gasteiger partial charge in [-0.1, -0.05) is 11.6 Å². The van der Waals surface area contributed by atoms with Gasteiger partial charge in [-0.05, 0) is 25.1 Å². The van der Waals surface area contributed by atoms with Crippen molar-refractivity contribution in [1.82, 2.24) is 9.97 Å². The molecule has 2 aromatic rings. The zero-order valence-corrected chi connectivity index (χ0v) is 11.2. The summed E-state index contributed by atoms with van der Waals surface area (Å²) in [6.07, 6.45) is 1.17. The molecule has 0 fully saturated rings. The fourth-order valence-corrected chi connectivity index (χ4v) is 1.93. The molecule has 8 heteroatoms. The van der Waals surface area contributed by atoms with E-state index >= 15 is 0 Å². The van der Waals surface area contributed by atoms with Crippen LogP contribution in [0.4, 0.5) is 15.9 Å². The van der Waals surface area contributed by atoms with E-state index in [1.54, 1.807) is 6.92 Å². The van der Waals surface area contributed by atoms with Crippen molar-refractivity contribution in [3.05, 3.63) is 45.5 Å². The summed E-state index contributed by atoms with van der Waals surface area (Å²) in [7, 11) is 0. The van der Waals surface area contributed by atoms with E-state index in [2.05, 4.69) is 15.3 Å². The Bertz CT molecular complexity index is 666. The third-order valence-electron chi connectivity index (χ3n) is 2.53. The first-order chi connectivity index (χ1) is 9.54. The Kier molecular flexibility index (Phi) is 4.09. The Labute approximate surface area is 118 Å². The van der Waals surface area contributed by atoms with Crippen LogP contribution in [-0.2, 0) is 0 Å². The van der Waals surface area contributed by atoms with Crippen LogP contribution in [0.5, 0.6) is 0 Å². The fraction of sp³-hybridized carbons (Fsp3) is 0.167. The summed E-state index contributed by atoms with van der Waals surface area (Å²) in [4.78, 5) is 18.3. The summed E-state index contributed by atoms with van der Waals surface area (Å²) < 4.78 is 13.3. The van der Waals surface area contributed by atoms with Crippen LogP contribution in [0.2, 0.25) is 5.02 Å². The van der Waals surface area contributed by atoms with Crippen LogP contribution >= 0.6 is 11.6 Å². The highest BCUT2D eigenvalue weighted by molar-refractivity contribution is 6.33. The van der Waals surface area contributed by atoms with E-state index in [9.17, 15) is 14.5 Å². The fourth-order valence-electron chi connectivity index (χ4n) is 1.72. The molecule has 1 aromatic heterocycles. The molecule has 104 valence electrons. The molecule has 0 saturated carbocycles. The molecular weight excluding hydrogens is 287 g/mol. The van der Waals surface area contributed by atoms with Gasteiger partial charge >= 0.3 is 5.69 Å². The Morgan fingerprint density at radius 2 is 2.20 bits per heavy atom. The Balaban J connectivity index is 2.70. The van der Waals surface area contributed by atoms with E-state index < -0.39 is 10.7 Å². The monoisotopic (exact) mass is 296 g/mol. The van der Waals surface area contributed by atoms with E-state index in [1.165, 1.54) is 18.5 Å². The molecule has 0 atom stereocenters. The second-order valence-electron chi connectivity index (χ2n) is 3.83. The molecule has 1 heterocycles. The van der Waals surface area contributed by atoms with E-state index in [0.717, 1.165) is 6.07 Å². The van der Waals surface area contributed by atoms with Gasteiger partial charge in [0, 0.05) is 12.1 Å². The molecule has 0 unspecified atom stereocenters. The summed E-state index contributed by atoms with van der Waals surface area (Å²) in [6, 6.07) is 3.60. The summed E-state index contributed by atoms with van der Waals surface area (Å²) in [6.45, 7) is 2.23. The van der Waals surface area contributed by atoms with Crippen LogP contribution in [-0.4, -0.2) is 21.4 Å². The van der Waals surface area contributed by atoms with Crippen molar-refractivity contribution in [1.29, 1.82) is 0 Å². The molecule has 2 rings (SSSR count). The van der Waals surface area contributed by atoms with Gasteiger partial charge in [-0.25, -0.2) is 14.4 Å². The number of hydrogen-bond donors (Lipinski definition) is 1. The molecule has 20 heavy (non-hydrogen) atoms. The minimum Gasteiger partial charge on any atom is -0.365 e. The first-order valence-electron chi connectivity index (χ1n) is 5.73. The summed E-state index contributed by atoms with van der Waals surface area (Å²) >= 11 is 5.97. The predicted molar refractivity (Wildman–Crippen MR) is 73.3 cm³/mol. The summed E-state index contributed by atoms with van der Waals surface area (Å²) in [5.74, 6) is -0.481. The first kappa shape index (κ1) is 14.1. The smallest absolute Gasteiger partial charge is 0.337 e. The number of anilines is 1. The number of hydrogen-bond acceptors (Lipinski definition) is 5. The lowest BCUT2D eigenvalue weighted by Crippen LogP contribution is -2.06. The van der Waals surface area contributed by atoms with Gasteiger partial charge in [0.05, 0.1) is 9.95 Å². The lowest BCUT2D eigenvalue weighted by molar-refractivity contribution is -0.383. The van der Waals surface area contributed by atoms with Gasteiger partial charge in [-0.3, -0.25) is 10.1 Å². The van der Waals surface area contributed by atoms with Crippen LogP contribution in [0.25, 0.3) is 11.3 Å². The molecule has 0 radical (unpaired) electrons. The van der Waals surface area contributed by atoms with Crippen molar-refractivity contribution in [3.8, 4) is 11.3 Å². The highest BCUT2D eigenvalue weighted by Crippen LogP contribution is 2.36. The van der Waals surface area contributed by atoms with Gasteiger partial charge in [0.15, 0.2) is 5.69 Å². The van der Waals surface area contributed by atoms with Crippen molar-refractivity contribution in [3.63, 3.8) is 0 Å². The lowest BCUT2D eigenvalue weighted by Gasteiger charge is -2.08. The number of benzene rings is 1. The molecule has 6 nitrogen and oxygen atoms in total. The maximum absolute atomic E-state index is 13.3. The number of nitrogens with one attached hydrogen (secondary N) is 1. The zero-order valence-electron chi connectivity index (χ0n) is 10.4. The Hall–Kier alpha value is -2.28. The quantitative estimate of drug-likeness (QED) is 0.691. The van der Waals surface area contributed by atoms with Gasteiger partial charge in [0.2, 0.25) is 5.82 Å². The van der Waals surface area contributed by atoms with Crippen LogP contribution in [0.3, 0.4) is 0 Å². The van der Waals surface area contributed by atoms with Gasteiger partial charge in [0.1, 0.15) is 12.1 Å². The van der Waals surface area contributed by atoms with Gasteiger partial charge < -0.3 is 5.32 Å². The molecule has 0 aliphatic rings. The molecule has 0 amide bonds. The Morgan fingerprint density at radius 1 is 1.45 bits per heavy atom. The average molecular weight is 297 g/mol. The third kappa shape index (κ3) is 2.67. The highest BCUT2D eigenvalue weighted by atomic mass is 35.5. The van der Waals surface area contributed by atoms with Crippen LogP contribution in [0.15, 0.2) is 24.5 Å². The number of nitrogens with zero attached hydrogens (tertiary/aromatic N) is 3. The minimum atomic E-state index is -0.617. The van der Waals surface area contributed by atoms with Gasteiger partial charge in [-0.2, -0.15) is 0 Å². The van der Waals surface area contributed by atoms with Crippen molar-refractivity contribution >= 4 is 23.1 Å². The molecule has 0 aliphatic carbocycles. The number of halogens is 2. The second kappa shape index (κ2) is 5.79. The van der Waals surface area contributed by atoms with Crippen LogP contribution < -0.4 is 5.32 Å². The standard InChI is InChI=1S/C12H10ClFN4O2/c1-2-15-12-11(18(19)20)10(16-6-17-12)8-5-7(14)3-4-9(8)13/h3-6H,2H2,1H3,(H,15,16,17). The SMILES string of the molecule is CCNc1ncnc(-c2cc(F)ccc2Cl)c1[N+](=O)[O-]. The van der Waals surface area contributed by atoms with Crippen LogP contribution in [0.1, 0.15) is 6.92 Å². The van der Waals surface area contributed by atoms with E-state index in [0.29, 0.717) is 6.54 Å². The second-order valence-corrected chi connectivity index (χ2v) is 4.24. The van der Waals surface area contributed by atoms with Gasteiger partial charge in [0.25, 0.3) is 0 Å². The zero-order chi connectivity index (χ0) is 14.7. The molecule has 0 saturated heterocycles. The highest BCUT2D eigenvalue weighted by Gasteiger charge is 2.25. The van der Waals surface area contributed by atoms with E-state index in [1.807, 2.05) is 0 Å². The van der Waals surface area contributed by atoms with Crippen molar-refractivity contribution in [2.24, 2.45) is 0 Å². The maximum Gasteiger partial charge on any atom is 0.337 e. The number of nitro groups is 1. The average Bonchev–Trinajstić information content (AvgIpc) is 2.41. The molecule has 0 bridgehead atoms. The lowest BCUT2D eigenvalue weighted by atomic mass is 10.1. The summed E-state index contributed by atoms with van der Waals surface area (Å²) in [5, 5.41) is 14.2. The molecular formula is C12H10ClFN4O2. The van der Waals surface area contributed by atoms with Crippen molar-refractivity contribution < 1.29 is 9.31 Å². The summed E-state index contributed by atoms with van der Waals surface area (Å²) in [5.41, 5.74) is -0.202. The minimum absolute atomic E-state index is 0.0227. The van der Waals surface area contributed by atoms with Crippen molar-refractivity contribution in [2.75, 3.05) is 11.9 Å². The molecule has 1 aromatic carbocycles. The number of aromatic nitrogens is 2. The first-order valence-corrected chi connectivity index (χ1v) is 6.11. The normalized spacial score (nSPS) is 10.3. The molecule has 0 aliphatic heterocycles. The van der Waals surface area contributed by atoms with E-state index in [4.69, 9.17) is 11.6 Å². The Morgan fingerprint density at radius 3 is 2.85 bits per heavy atom. The largest absolute Gasteiger partial charge is 0.365 e. The van der Waals surface area contributed by atoms with E-state index in [-0.39, 0.29) is 27.8 Å². The third-order valence-corrected chi connectivity index (χ3v) is 2.86. The molecule has 1 N–H and O–H groups in total. The van der Waals surface area contributed by atoms with Crippen LogP contribution in [0, 0.1) is 15.9 Å². The maximum atomic E-state index is 13.3. The molecule has 0 spiro atoms. The predicted octanol–water partition coefficient (Wildman–Crippen LogP) is 3.28.